The number of allylic oxidation sites excluding steroid dienone is 5. The van der Waals surface area contributed by atoms with E-state index in [-0.39, 0.29) is 0 Å². The topological polar surface area (TPSA) is 0 Å². The number of rotatable bonds is 3. The van der Waals surface area contributed by atoms with Crippen molar-refractivity contribution >= 4 is 0 Å². The minimum atomic E-state index is 0.539. The molecule has 1 unspecified atom stereocenters. The zero-order valence-corrected chi connectivity index (χ0v) is 8.02. The number of hydrogen-bond donors (Lipinski definition) is 0. The van der Waals surface area contributed by atoms with Crippen LogP contribution in [0.3, 0.4) is 0 Å². The van der Waals surface area contributed by atoms with Crippen molar-refractivity contribution in [3.05, 3.63) is 36.0 Å². The van der Waals surface area contributed by atoms with E-state index < -0.39 is 0 Å². The number of hydrogen-bond acceptors (Lipinski definition) is 0. The lowest BCUT2D eigenvalue weighted by molar-refractivity contribution is 0.859. The summed E-state index contributed by atoms with van der Waals surface area (Å²) in [5.74, 6) is 0.539. The molecule has 0 aromatic heterocycles. The van der Waals surface area contributed by atoms with Gasteiger partial charge in [-0.05, 0) is 26.7 Å². The summed E-state index contributed by atoms with van der Waals surface area (Å²) in [5.41, 5.74) is 2.49. The summed E-state index contributed by atoms with van der Waals surface area (Å²) < 4.78 is 0. The highest BCUT2D eigenvalue weighted by atomic mass is 14.0. The van der Waals surface area contributed by atoms with Crippen molar-refractivity contribution in [2.45, 2.75) is 27.7 Å². The molecular weight excluding hydrogens is 132 g/mol. The van der Waals surface area contributed by atoms with Crippen LogP contribution in [0.15, 0.2) is 36.0 Å². The second kappa shape index (κ2) is 4.95. The lowest BCUT2D eigenvalue weighted by Gasteiger charge is -2.05. The van der Waals surface area contributed by atoms with Crippen LogP contribution in [-0.2, 0) is 0 Å². The zero-order chi connectivity index (χ0) is 8.85. The Bertz CT molecular complexity index is 182. The summed E-state index contributed by atoms with van der Waals surface area (Å²) in [5, 5.41) is 0. The average Bonchev–Trinajstić information content (AvgIpc) is 1.86. The van der Waals surface area contributed by atoms with E-state index in [1.165, 1.54) is 5.57 Å². The van der Waals surface area contributed by atoms with E-state index in [1.54, 1.807) is 0 Å². The third-order valence-corrected chi connectivity index (χ3v) is 1.67. The molecule has 0 aromatic carbocycles. The highest BCUT2D eigenvalue weighted by Crippen LogP contribution is 2.12. The van der Waals surface area contributed by atoms with Crippen molar-refractivity contribution in [2.75, 3.05) is 0 Å². The molecule has 0 N–H and O–H groups in total. The molecule has 11 heavy (non-hydrogen) atoms. The second-order valence-corrected chi connectivity index (χ2v) is 3.05. The standard InChI is InChI=1S/C11H18/c1-6-7-10(4)11(5)8-9(2)3/h6-8,10H,2H2,1,3-5H3/b7-6+,11-8+. The fraction of sp³-hybridized carbons (Fsp3) is 0.455. The molecular formula is C11H18. The smallest absolute Gasteiger partial charge is 0.00513 e. The zero-order valence-electron chi connectivity index (χ0n) is 8.02. The van der Waals surface area contributed by atoms with Crippen molar-refractivity contribution in [1.29, 1.82) is 0 Å². The summed E-state index contributed by atoms with van der Waals surface area (Å²) in [6, 6.07) is 0. The van der Waals surface area contributed by atoms with Crippen molar-refractivity contribution in [3.8, 4) is 0 Å². The molecule has 0 rings (SSSR count). The van der Waals surface area contributed by atoms with Gasteiger partial charge in [0.15, 0.2) is 0 Å². The van der Waals surface area contributed by atoms with Crippen LogP contribution in [0.4, 0.5) is 0 Å². The molecule has 0 heteroatoms. The van der Waals surface area contributed by atoms with Crippen LogP contribution in [0, 0.1) is 5.92 Å². The highest BCUT2D eigenvalue weighted by molar-refractivity contribution is 5.21. The molecule has 0 aliphatic heterocycles. The van der Waals surface area contributed by atoms with E-state index in [0.717, 1.165) is 5.57 Å². The van der Waals surface area contributed by atoms with Crippen molar-refractivity contribution in [2.24, 2.45) is 5.92 Å². The van der Waals surface area contributed by atoms with Gasteiger partial charge in [0.25, 0.3) is 0 Å². The van der Waals surface area contributed by atoms with Gasteiger partial charge in [0.2, 0.25) is 0 Å². The first-order valence-electron chi connectivity index (χ1n) is 4.04. The first kappa shape index (κ1) is 10.2. The Balaban J connectivity index is 4.22. The van der Waals surface area contributed by atoms with Crippen LogP contribution in [0.1, 0.15) is 27.7 Å². The molecule has 0 radical (unpaired) electrons. The summed E-state index contributed by atoms with van der Waals surface area (Å²) in [6.45, 7) is 12.2. The molecule has 0 amide bonds. The Hall–Kier alpha value is -0.780. The van der Waals surface area contributed by atoms with Gasteiger partial charge < -0.3 is 0 Å². The first-order chi connectivity index (χ1) is 5.07. The third-order valence-electron chi connectivity index (χ3n) is 1.67. The predicted octanol–water partition coefficient (Wildman–Crippen LogP) is 3.72. The van der Waals surface area contributed by atoms with Crippen LogP contribution in [0.2, 0.25) is 0 Å². The fourth-order valence-corrected chi connectivity index (χ4v) is 0.961. The van der Waals surface area contributed by atoms with Crippen molar-refractivity contribution in [3.63, 3.8) is 0 Å². The first-order valence-corrected chi connectivity index (χ1v) is 4.04. The Morgan fingerprint density at radius 3 is 2.27 bits per heavy atom. The van der Waals surface area contributed by atoms with Crippen LogP contribution < -0.4 is 0 Å². The highest BCUT2D eigenvalue weighted by Gasteiger charge is 1.97. The maximum atomic E-state index is 3.84. The third kappa shape index (κ3) is 4.60. The Morgan fingerprint density at radius 2 is 1.91 bits per heavy atom. The molecule has 0 nitrogen and oxygen atoms in total. The van der Waals surface area contributed by atoms with Crippen molar-refractivity contribution < 1.29 is 0 Å². The lowest BCUT2D eigenvalue weighted by Crippen LogP contribution is -1.90. The van der Waals surface area contributed by atoms with E-state index in [0.29, 0.717) is 5.92 Å². The van der Waals surface area contributed by atoms with Gasteiger partial charge in [0.05, 0.1) is 0 Å². The lowest BCUT2D eigenvalue weighted by atomic mass is 10.0. The van der Waals surface area contributed by atoms with Gasteiger partial charge >= 0.3 is 0 Å². The van der Waals surface area contributed by atoms with Gasteiger partial charge in [0, 0.05) is 0 Å². The van der Waals surface area contributed by atoms with Gasteiger partial charge in [-0.25, -0.2) is 0 Å². The monoisotopic (exact) mass is 150 g/mol. The van der Waals surface area contributed by atoms with Gasteiger partial charge in [-0.15, -0.1) is 0 Å². The van der Waals surface area contributed by atoms with E-state index in [9.17, 15) is 0 Å². The summed E-state index contributed by atoms with van der Waals surface area (Å²) in [6.07, 6.45) is 6.40. The normalized spacial score (nSPS) is 15.5. The molecule has 0 aliphatic carbocycles. The fourth-order valence-electron chi connectivity index (χ4n) is 0.961. The summed E-state index contributed by atoms with van der Waals surface area (Å²) in [7, 11) is 0. The van der Waals surface area contributed by atoms with Crippen LogP contribution in [-0.4, -0.2) is 0 Å². The van der Waals surface area contributed by atoms with E-state index in [1.807, 2.05) is 13.8 Å². The Labute approximate surface area is 70.3 Å². The molecule has 0 bridgehead atoms. The van der Waals surface area contributed by atoms with Crippen molar-refractivity contribution in [1.82, 2.24) is 0 Å². The van der Waals surface area contributed by atoms with Gasteiger partial charge in [-0.1, -0.05) is 42.9 Å². The molecule has 0 saturated carbocycles. The largest absolute Gasteiger partial charge is 0.0961 e. The Kier molecular flexibility index (Phi) is 4.60. The minimum Gasteiger partial charge on any atom is -0.0961 e. The van der Waals surface area contributed by atoms with Gasteiger partial charge in [-0.2, -0.15) is 0 Å². The second-order valence-electron chi connectivity index (χ2n) is 3.05. The molecule has 0 aliphatic rings. The van der Waals surface area contributed by atoms with Gasteiger partial charge in [0.1, 0.15) is 0 Å². The summed E-state index contributed by atoms with van der Waals surface area (Å²) in [4.78, 5) is 0. The van der Waals surface area contributed by atoms with E-state index >= 15 is 0 Å². The van der Waals surface area contributed by atoms with E-state index in [4.69, 9.17) is 0 Å². The van der Waals surface area contributed by atoms with E-state index in [2.05, 4.69) is 38.7 Å². The molecule has 1 atom stereocenters. The molecule has 0 aromatic rings. The molecule has 62 valence electrons. The molecule has 0 heterocycles. The minimum absolute atomic E-state index is 0.539. The molecule has 0 fully saturated rings. The van der Waals surface area contributed by atoms with Crippen LogP contribution in [0.5, 0.6) is 0 Å². The Morgan fingerprint density at radius 1 is 1.36 bits per heavy atom. The molecule has 0 spiro atoms. The average molecular weight is 150 g/mol. The predicted molar refractivity (Wildman–Crippen MR) is 52.5 cm³/mol. The van der Waals surface area contributed by atoms with Gasteiger partial charge in [-0.3, -0.25) is 0 Å². The SMILES string of the molecule is C=C(C)/C=C(\C)C(C)/C=C/C. The maximum Gasteiger partial charge on any atom is -0.00513 e. The van der Waals surface area contributed by atoms with Crippen LogP contribution in [0.25, 0.3) is 0 Å². The quantitative estimate of drug-likeness (QED) is 0.425. The molecule has 0 saturated heterocycles. The summed E-state index contributed by atoms with van der Waals surface area (Å²) >= 11 is 0. The maximum absolute atomic E-state index is 3.84. The van der Waals surface area contributed by atoms with Crippen LogP contribution >= 0.6 is 0 Å².